The smallest absolute Gasteiger partial charge is 0.318 e. The van der Waals surface area contributed by atoms with Crippen LogP contribution in [0.3, 0.4) is 0 Å². The molecule has 0 atom stereocenters. The van der Waals surface area contributed by atoms with E-state index < -0.39 is 4.92 Å². The van der Waals surface area contributed by atoms with Crippen molar-refractivity contribution >= 4 is 11.5 Å². The molecule has 0 saturated carbocycles. The Morgan fingerprint density at radius 1 is 1.28 bits per heavy atom. The summed E-state index contributed by atoms with van der Waals surface area (Å²) in [4.78, 5) is 14.2. The third-order valence-electron chi connectivity index (χ3n) is 2.54. The maximum absolute atomic E-state index is 11.0. The van der Waals surface area contributed by atoms with Crippen molar-refractivity contribution in [3.05, 3.63) is 46.6 Å². The summed E-state index contributed by atoms with van der Waals surface area (Å²) in [7, 11) is 1.56. The molecule has 18 heavy (non-hydrogen) atoms. The molecule has 1 heterocycles. The van der Waals surface area contributed by atoms with Gasteiger partial charge in [-0.2, -0.15) is 0 Å². The Bertz CT molecular complexity index is 582. The highest BCUT2D eigenvalue weighted by molar-refractivity contribution is 5.79. The van der Waals surface area contributed by atoms with E-state index in [0.29, 0.717) is 16.9 Å². The summed E-state index contributed by atoms with van der Waals surface area (Å²) < 4.78 is 5.04. The lowest BCUT2D eigenvalue weighted by molar-refractivity contribution is -0.383. The Hall–Kier alpha value is -2.63. The minimum atomic E-state index is -0.526. The summed E-state index contributed by atoms with van der Waals surface area (Å²) in [6, 6.07) is 8.50. The lowest BCUT2D eigenvalue weighted by atomic mass is 10.1. The van der Waals surface area contributed by atoms with E-state index in [1.54, 1.807) is 37.4 Å². The molecule has 0 aliphatic carbocycles. The van der Waals surface area contributed by atoms with E-state index in [2.05, 4.69) is 4.98 Å². The third-order valence-corrected chi connectivity index (χ3v) is 2.54. The number of aromatic nitrogens is 1. The zero-order chi connectivity index (χ0) is 13.1. The fourth-order valence-corrected chi connectivity index (χ4v) is 1.67. The molecule has 0 fully saturated rings. The van der Waals surface area contributed by atoms with Crippen molar-refractivity contribution in [1.29, 1.82) is 0 Å². The molecule has 1 aromatic heterocycles. The zero-order valence-corrected chi connectivity index (χ0v) is 9.66. The van der Waals surface area contributed by atoms with Crippen LogP contribution in [0.1, 0.15) is 0 Å². The van der Waals surface area contributed by atoms with Crippen molar-refractivity contribution in [3.8, 4) is 16.9 Å². The topological polar surface area (TPSA) is 91.3 Å². The number of hydrogen-bond acceptors (Lipinski definition) is 5. The van der Waals surface area contributed by atoms with E-state index in [9.17, 15) is 10.1 Å². The largest absolute Gasteiger partial charge is 0.497 e. The predicted molar refractivity (Wildman–Crippen MR) is 67.3 cm³/mol. The number of nitrogens with zero attached hydrogens (tertiary/aromatic N) is 2. The lowest BCUT2D eigenvalue weighted by Gasteiger charge is -2.05. The van der Waals surface area contributed by atoms with E-state index in [0.717, 1.165) is 0 Å². The van der Waals surface area contributed by atoms with Gasteiger partial charge in [-0.1, -0.05) is 12.1 Å². The fourth-order valence-electron chi connectivity index (χ4n) is 1.67. The maximum atomic E-state index is 11.0. The molecule has 0 bridgehead atoms. The van der Waals surface area contributed by atoms with Gasteiger partial charge in [-0.15, -0.1) is 0 Å². The van der Waals surface area contributed by atoms with E-state index >= 15 is 0 Å². The third kappa shape index (κ3) is 2.08. The van der Waals surface area contributed by atoms with Gasteiger partial charge in [0.05, 0.1) is 17.6 Å². The van der Waals surface area contributed by atoms with Crippen LogP contribution in [-0.2, 0) is 0 Å². The Balaban J connectivity index is 2.56. The molecule has 0 amide bonds. The number of anilines is 1. The number of hydrogen-bond donors (Lipinski definition) is 1. The monoisotopic (exact) mass is 245 g/mol. The molecule has 0 aliphatic heterocycles. The van der Waals surface area contributed by atoms with Gasteiger partial charge in [-0.05, 0) is 23.8 Å². The van der Waals surface area contributed by atoms with Crippen LogP contribution in [0.15, 0.2) is 36.5 Å². The van der Waals surface area contributed by atoms with Crippen LogP contribution in [0.5, 0.6) is 5.75 Å². The number of pyridine rings is 1. The normalized spacial score (nSPS) is 10.1. The number of ether oxygens (including phenoxy) is 1. The second-order valence-electron chi connectivity index (χ2n) is 3.58. The van der Waals surface area contributed by atoms with Gasteiger partial charge in [-0.25, -0.2) is 4.98 Å². The summed E-state index contributed by atoms with van der Waals surface area (Å²) in [5, 5.41) is 11.0. The molecule has 0 saturated heterocycles. The molecule has 2 N–H and O–H groups in total. The Kier molecular flexibility index (Phi) is 3.09. The van der Waals surface area contributed by atoms with Crippen LogP contribution >= 0.6 is 0 Å². The van der Waals surface area contributed by atoms with Gasteiger partial charge in [0, 0.05) is 6.20 Å². The number of nitrogen functional groups attached to an aromatic ring is 1. The Morgan fingerprint density at radius 3 is 2.50 bits per heavy atom. The van der Waals surface area contributed by atoms with Crippen molar-refractivity contribution in [3.63, 3.8) is 0 Å². The van der Waals surface area contributed by atoms with Crippen LogP contribution in [0, 0.1) is 10.1 Å². The van der Waals surface area contributed by atoms with E-state index in [4.69, 9.17) is 10.5 Å². The van der Waals surface area contributed by atoms with Crippen molar-refractivity contribution < 1.29 is 9.66 Å². The molecule has 92 valence electrons. The van der Waals surface area contributed by atoms with Crippen LogP contribution in [0.25, 0.3) is 11.1 Å². The first-order chi connectivity index (χ1) is 8.63. The summed E-state index contributed by atoms with van der Waals surface area (Å²) in [6.45, 7) is 0. The first-order valence-corrected chi connectivity index (χ1v) is 5.16. The van der Waals surface area contributed by atoms with Crippen molar-refractivity contribution in [2.45, 2.75) is 0 Å². The molecule has 0 spiro atoms. The molecule has 6 nitrogen and oxygen atoms in total. The quantitative estimate of drug-likeness (QED) is 0.661. The second-order valence-corrected chi connectivity index (χ2v) is 3.58. The molecule has 6 heteroatoms. The van der Waals surface area contributed by atoms with Gasteiger partial charge in [0.25, 0.3) is 0 Å². The van der Waals surface area contributed by atoms with Gasteiger partial charge in [0.1, 0.15) is 5.75 Å². The average molecular weight is 245 g/mol. The van der Waals surface area contributed by atoms with E-state index in [1.807, 2.05) is 0 Å². The molecule has 2 rings (SSSR count). The van der Waals surface area contributed by atoms with Crippen molar-refractivity contribution in [2.24, 2.45) is 0 Å². The first kappa shape index (κ1) is 11.8. The summed E-state index contributed by atoms with van der Waals surface area (Å²) in [5.74, 6) is 0.594. The van der Waals surface area contributed by atoms with Crippen molar-refractivity contribution in [1.82, 2.24) is 4.98 Å². The molecule has 0 unspecified atom stereocenters. The molecule has 0 aliphatic rings. The summed E-state index contributed by atoms with van der Waals surface area (Å²) >= 11 is 0. The van der Waals surface area contributed by atoms with E-state index in [1.165, 1.54) is 6.20 Å². The average Bonchev–Trinajstić information content (AvgIpc) is 2.38. The van der Waals surface area contributed by atoms with Gasteiger partial charge in [0.2, 0.25) is 5.82 Å². The van der Waals surface area contributed by atoms with Crippen LogP contribution in [0.4, 0.5) is 11.5 Å². The van der Waals surface area contributed by atoms with Gasteiger partial charge in [0.15, 0.2) is 0 Å². The molecule has 1 aromatic carbocycles. The minimum Gasteiger partial charge on any atom is -0.497 e. The SMILES string of the molecule is COc1ccc(-c2ccnc(N)c2[N+](=O)[O-])cc1. The lowest BCUT2D eigenvalue weighted by Crippen LogP contribution is -2.00. The summed E-state index contributed by atoms with van der Waals surface area (Å²) in [6.07, 6.45) is 1.45. The van der Waals surface area contributed by atoms with Crippen molar-refractivity contribution in [2.75, 3.05) is 12.8 Å². The zero-order valence-electron chi connectivity index (χ0n) is 9.66. The number of rotatable bonds is 3. The number of nitrogens with two attached hydrogens (primary N) is 1. The predicted octanol–water partition coefficient (Wildman–Crippen LogP) is 2.25. The number of nitro groups is 1. The van der Waals surface area contributed by atoms with Gasteiger partial charge in [-0.3, -0.25) is 10.1 Å². The number of benzene rings is 1. The molecule has 2 aromatic rings. The number of methoxy groups -OCH3 is 1. The van der Waals surface area contributed by atoms with E-state index in [-0.39, 0.29) is 11.5 Å². The highest BCUT2D eigenvalue weighted by Gasteiger charge is 2.19. The fraction of sp³-hybridized carbons (Fsp3) is 0.0833. The van der Waals surface area contributed by atoms with Crippen LogP contribution in [0.2, 0.25) is 0 Å². The summed E-state index contributed by atoms with van der Waals surface area (Å²) in [5.41, 5.74) is 6.49. The van der Waals surface area contributed by atoms with Crippen LogP contribution in [-0.4, -0.2) is 17.0 Å². The molecular weight excluding hydrogens is 234 g/mol. The van der Waals surface area contributed by atoms with Gasteiger partial charge >= 0.3 is 5.69 Å². The maximum Gasteiger partial charge on any atom is 0.318 e. The second kappa shape index (κ2) is 4.70. The minimum absolute atomic E-state index is 0.0895. The highest BCUT2D eigenvalue weighted by Crippen LogP contribution is 2.33. The van der Waals surface area contributed by atoms with Gasteiger partial charge < -0.3 is 10.5 Å². The molecule has 0 radical (unpaired) electrons. The standard InChI is InChI=1S/C12H11N3O3/c1-18-9-4-2-8(3-5-9)10-6-7-14-12(13)11(10)15(16)17/h2-7H,1H3,(H2,13,14). The van der Waals surface area contributed by atoms with Crippen LogP contribution < -0.4 is 10.5 Å². The highest BCUT2D eigenvalue weighted by atomic mass is 16.6. The Morgan fingerprint density at radius 2 is 1.94 bits per heavy atom. The Labute approximate surface area is 103 Å². The first-order valence-electron chi connectivity index (χ1n) is 5.16. The molecular formula is C12H11N3O3.